The molecule has 0 unspecified atom stereocenters. The summed E-state index contributed by atoms with van der Waals surface area (Å²) >= 11 is 0. The molecule has 0 aliphatic rings. The van der Waals surface area contributed by atoms with Crippen LogP contribution in [0.1, 0.15) is 6.92 Å². The average Bonchev–Trinajstić information content (AvgIpc) is 2.49. The minimum atomic E-state index is -0.609. The maximum atomic E-state index is 12.2. The number of aromatic nitrogens is 2. The molecule has 7 nitrogen and oxygen atoms in total. The lowest BCUT2D eigenvalue weighted by Crippen LogP contribution is -2.33. The Labute approximate surface area is 120 Å². The second kappa shape index (κ2) is 6.85. The molecule has 112 valence electrons. The Morgan fingerprint density at radius 1 is 1.19 bits per heavy atom. The van der Waals surface area contributed by atoms with Crippen molar-refractivity contribution in [3.05, 3.63) is 45.0 Å². The first-order valence-electron chi connectivity index (χ1n) is 6.58. The zero-order chi connectivity index (χ0) is 15.2. The van der Waals surface area contributed by atoms with Crippen LogP contribution in [0, 0.1) is 0 Å². The SMILES string of the molecule is CCOCCOC(=O)Cn1[nH]c(=O)c2ccccc2c1=O. The maximum Gasteiger partial charge on any atom is 0.327 e. The Bertz CT molecular complexity index is 747. The summed E-state index contributed by atoms with van der Waals surface area (Å²) in [7, 11) is 0. The van der Waals surface area contributed by atoms with Gasteiger partial charge in [-0.2, -0.15) is 0 Å². The number of rotatable bonds is 6. The molecule has 0 atom stereocenters. The lowest BCUT2D eigenvalue weighted by molar-refractivity contribution is -0.146. The third-order valence-corrected chi connectivity index (χ3v) is 2.87. The van der Waals surface area contributed by atoms with Gasteiger partial charge in [-0.1, -0.05) is 12.1 Å². The number of esters is 1. The number of carbonyl (C=O) groups is 1. The first-order valence-corrected chi connectivity index (χ1v) is 6.58. The molecule has 2 aromatic rings. The number of ether oxygens (including phenoxy) is 2. The molecule has 0 spiro atoms. The van der Waals surface area contributed by atoms with Crippen molar-refractivity contribution in [2.45, 2.75) is 13.5 Å². The normalized spacial score (nSPS) is 10.7. The van der Waals surface area contributed by atoms with Crippen molar-refractivity contribution >= 4 is 16.7 Å². The van der Waals surface area contributed by atoms with E-state index in [0.717, 1.165) is 4.68 Å². The molecule has 0 radical (unpaired) electrons. The monoisotopic (exact) mass is 292 g/mol. The van der Waals surface area contributed by atoms with E-state index >= 15 is 0 Å². The van der Waals surface area contributed by atoms with Crippen molar-refractivity contribution in [2.75, 3.05) is 19.8 Å². The number of fused-ring (bicyclic) bond motifs is 1. The highest BCUT2D eigenvalue weighted by molar-refractivity contribution is 5.80. The zero-order valence-electron chi connectivity index (χ0n) is 11.6. The molecule has 1 heterocycles. The second-order valence-corrected chi connectivity index (χ2v) is 4.30. The lowest BCUT2D eigenvalue weighted by Gasteiger charge is -2.07. The van der Waals surface area contributed by atoms with Crippen LogP contribution in [0.5, 0.6) is 0 Å². The van der Waals surface area contributed by atoms with Crippen molar-refractivity contribution in [2.24, 2.45) is 0 Å². The summed E-state index contributed by atoms with van der Waals surface area (Å²) in [6.45, 7) is 2.44. The first kappa shape index (κ1) is 15.0. The van der Waals surface area contributed by atoms with Gasteiger partial charge < -0.3 is 9.47 Å². The van der Waals surface area contributed by atoms with Crippen LogP contribution >= 0.6 is 0 Å². The van der Waals surface area contributed by atoms with Gasteiger partial charge in [-0.3, -0.25) is 19.5 Å². The third kappa shape index (κ3) is 3.57. The summed E-state index contributed by atoms with van der Waals surface area (Å²) in [5.74, 6) is -0.609. The topological polar surface area (TPSA) is 90.4 Å². The second-order valence-electron chi connectivity index (χ2n) is 4.30. The number of hydrogen-bond acceptors (Lipinski definition) is 5. The molecule has 1 aromatic carbocycles. The fourth-order valence-electron chi connectivity index (χ4n) is 1.89. The van der Waals surface area contributed by atoms with Crippen LogP contribution in [0.2, 0.25) is 0 Å². The first-order chi connectivity index (χ1) is 10.1. The van der Waals surface area contributed by atoms with Crippen molar-refractivity contribution in [1.29, 1.82) is 0 Å². The molecule has 0 aliphatic carbocycles. The minimum absolute atomic E-state index is 0.110. The minimum Gasteiger partial charge on any atom is -0.462 e. The molecule has 1 N–H and O–H groups in total. The van der Waals surface area contributed by atoms with Gasteiger partial charge in [-0.15, -0.1) is 0 Å². The van der Waals surface area contributed by atoms with E-state index in [9.17, 15) is 14.4 Å². The van der Waals surface area contributed by atoms with Crippen LogP contribution in [-0.2, 0) is 20.8 Å². The Kier molecular flexibility index (Phi) is 4.89. The maximum absolute atomic E-state index is 12.2. The largest absolute Gasteiger partial charge is 0.462 e. The molecule has 1 aromatic heterocycles. The van der Waals surface area contributed by atoms with E-state index in [0.29, 0.717) is 18.6 Å². The van der Waals surface area contributed by atoms with Gasteiger partial charge in [0.2, 0.25) is 0 Å². The fourth-order valence-corrected chi connectivity index (χ4v) is 1.89. The van der Waals surface area contributed by atoms with Crippen LogP contribution in [0.3, 0.4) is 0 Å². The highest BCUT2D eigenvalue weighted by atomic mass is 16.6. The molecule has 0 aliphatic heterocycles. The number of aromatic amines is 1. The highest BCUT2D eigenvalue weighted by Gasteiger charge is 2.10. The fraction of sp³-hybridized carbons (Fsp3) is 0.357. The van der Waals surface area contributed by atoms with E-state index < -0.39 is 17.1 Å². The van der Waals surface area contributed by atoms with Crippen molar-refractivity contribution in [1.82, 2.24) is 9.78 Å². The van der Waals surface area contributed by atoms with Crippen LogP contribution in [0.25, 0.3) is 10.8 Å². The van der Waals surface area contributed by atoms with Crippen LogP contribution in [0.15, 0.2) is 33.9 Å². The quantitative estimate of drug-likeness (QED) is 0.609. The summed E-state index contributed by atoms with van der Waals surface area (Å²) in [5.41, 5.74) is -0.862. The summed E-state index contributed by atoms with van der Waals surface area (Å²) < 4.78 is 10.9. The van der Waals surface area contributed by atoms with Gasteiger partial charge in [0.15, 0.2) is 0 Å². The summed E-state index contributed by atoms with van der Waals surface area (Å²) in [6.07, 6.45) is 0. The van der Waals surface area contributed by atoms with E-state index in [4.69, 9.17) is 9.47 Å². The molecule has 2 rings (SSSR count). The zero-order valence-corrected chi connectivity index (χ0v) is 11.6. The smallest absolute Gasteiger partial charge is 0.327 e. The lowest BCUT2D eigenvalue weighted by atomic mass is 10.2. The van der Waals surface area contributed by atoms with Crippen LogP contribution < -0.4 is 11.1 Å². The highest BCUT2D eigenvalue weighted by Crippen LogP contribution is 2.02. The van der Waals surface area contributed by atoms with Gasteiger partial charge >= 0.3 is 5.97 Å². The number of benzene rings is 1. The Morgan fingerprint density at radius 3 is 2.62 bits per heavy atom. The number of nitrogens with zero attached hydrogens (tertiary/aromatic N) is 1. The van der Waals surface area contributed by atoms with Crippen molar-refractivity contribution < 1.29 is 14.3 Å². The molecular formula is C14H16N2O5. The summed E-state index contributed by atoms with van der Waals surface area (Å²) in [5, 5.41) is 2.93. The number of H-pyrrole nitrogens is 1. The molecular weight excluding hydrogens is 276 g/mol. The van der Waals surface area contributed by atoms with Gasteiger partial charge in [0.05, 0.1) is 17.4 Å². The molecule has 0 amide bonds. The van der Waals surface area contributed by atoms with Crippen molar-refractivity contribution in [3.8, 4) is 0 Å². The van der Waals surface area contributed by atoms with Gasteiger partial charge in [0, 0.05) is 6.61 Å². The molecule has 21 heavy (non-hydrogen) atoms. The van der Waals surface area contributed by atoms with Gasteiger partial charge in [-0.05, 0) is 19.1 Å². The summed E-state index contributed by atoms with van der Waals surface area (Å²) in [6, 6.07) is 6.43. The molecule has 0 bridgehead atoms. The average molecular weight is 292 g/mol. The predicted molar refractivity (Wildman–Crippen MR) is 76.3 cm³/mol. The number of nitrogens with one attached hydrogen (secondary N) is 1. The number of carbonyl (C=O) groups excluding carboxylic acids is 1. The standard InChI is InChI=1S/C14H16N2O5/c1-2-20-7-8-21-12(17)9-16-14(19)11-6-4-3-5-10(11)13(18)15-16/h3-6H,2,7-9H2,1H3,(H,15,18). The van der Waals surface area contributed by atoms with Crippen LogP contribution in [0.4, 0.5) is 0 Å². The Hall–Kier alpha value is -2.41. The van der Waals surface area contributed by atoms with Gasteiger partial charge in [0.1, 0.15) is 13.2 Å². The van der Waals surface area contributed by atoms with Crippen LogP contribution in [-0.4, -0.2) is 35.6 Å². The predicted octanol–water partition coefficient (Wildman–Crippen LogP) is 0.269. The van der Waals surface area contributed by atoms with E-state index in [1.54, 1.807) is 24.3 Å². The Morgan fingerprint density at radius 2 is 1.90 bits per heavy atom. The van der Waals surface area contributed by atoms with E-state index in [-0.39, 0.29) is 18.5 Å². The molecule has 0 fully saturated rings. The molecule has 7 heteroatoms. The van der Waals surface area contributed by atoms with Gasteiger partial charge in [0.25, 0.3) is 11.1 Å². The van der Waals surface area contributed by atoms with Gasteiger partial charge in [-0.25, -0.2) is 4.68 Å². The summed E-state index contributed by atoms with van der Waals surface area (Å²) in [4.78, 5) is 35.6. The van der Waals surface area contributed by atoms with E-state index in [2.05, 4.69) is 5.10 Å². The van der Waals surface area contributed by atoms with E-state index in [1.165, 1.54) is 0 Å². The number of hydrogen-bond donors (Lipinski definition) is 1. The van der Waals surface area contributed by atoms with Crippen molar-refractivity contribution in [3.63, 3.8) is 0 Å². The molecule has 0 saturated carbocycles. The molecule has 0 saturated heterocycles. The third-order valence-electron chi connectivity index (χ3n) is 2.87. The van der Waals surface area contributed by atoms with E-state index in [1.807, 2.05) is 6.92 Å². The Balaban J connectivity index is 2.16.